The van der Waals surface area contributed by atoms with Gasteiger partial charge in [-0.05, 0) is 17.9 Å². The molecule has 0 spiro atoms. The van der Waals surface area contributed by atoms with Crippen LogP contribution in [-0.2, 0) is 16.6 Å². The number of rotatable bonds is 6. The number of nitrogens with one attached hydrogen (secondary N) is 1. The molecule has 0 aromatic carbocycles. The fourth-order valence-electron chi connectivity index (χ4n) is 1.51. The van der Waals surface area contributed by atoms with Crippen LogP contribution >= 0.6 is 0 Å². The molecule has 0 aliphatic heterocycles. The summed E-state index contributed by atoms with van der Waals surface area (Å²) in [4.78, 5) is 32.8. The van der Waals surface area contributed by atoms with Gasteiger partial charge in [0.05, 0.1) is 20.1 Å². The van der Waals surface area contributed by atoms with Crippen molar-refractivity contribution in [2.45, 2.75) is 13.3 Å². The molecule has 8 nitrogen and oxygen atoms in total. The summed E-state index contributed by atoms with van der Waals surface area (Å²) in [7, 11) is 1.43. The molecular formula is C11H15N3O5. The maximum atomic E-state index is 11.7. The van der Waals surface area contributed by atoms with Crippen molar-refractivity contribution in [2.75, 3.05) is 13.2 Å². The van der Waals surface area contributed by atoms with Gasteiger partial charge >= 0.3 is 11.8 Å². The largest absolute Gasteiger partial charge is 0.466 e. The van der Waals surface area contributed by atoms with Gasteiger partial charge in [-0.15, -0.1) is 0 Å². The maximum Gasteiger partial charge on any atom is 0.323 e. The number of ether oxygens (including phenoxy) is 1. The van der Waals surface area contributed by atoms with E-state index in [9.17, 15) is 19.7 Å². The summed E-state index contributed by atoms with van der Waals surface area (Å²) in [5.41, 5.74) is 0.163. The first-order chi connectivity index (χ1) is 8.97. The molecule has 1 aromatic heterocycles. The lowest BCUT2D eigenvalue weighted by atomic mass is 10.3. The zero-order valence-corrected chi connectivity index (χ0v) is 10.7. The van der Waals surface area contributed by atoms with Crippen molar-refractivity contribution in [3.63, 3.8) is 0 Å². The van der Waals surface area contributed by atoms with Gasteiger partial charge in [0.2, 0.25) is 0 Å². The lowest BCUT2D eigenvalue weighted by Crippen LogP contribution is -2.28. The average Bonchev–Trinajstić information content (AvgIpc) is 2.71. The van der Waals surface area contributed by atoms with Gasteiger partial charge in [0.25, 0.3) is 5.91 Å². The predicted octanol–water partition coefficient (Wildman–Crippen LogP) is 0.616. The topological polar surface area (TPSA) is 103 Å². The molecule has 0 saturated heterocycles. The van der Waals surface area contributed by atoms with Gasteiger partial charge in [-0.2, -0.15) is 0 Å². The molecule has 1 aromatic rings. The Kier molecular flexibility index (Phi) is 5.04. The second kappa shape index (κ2) is 6.53. The van der Waals surface area contributed by atoms with Gasteiger partial charge in [-0.1, -0.05) is 0 Å². The van der Waals surface area contributed by atoms with Crippen LogP contribution in [0.25, 0.3) is 0 Å². The summed E-state index contributed by atoms with van der Waals surface area (Å²) in [5, 5.41) is 13.1. The Labute approximate surface area is 109 Å². The molecule has 8 heteroatoms. The molecule has 0 bridgehead atoms. The second-order valence-corrected chi connectivity index (χ2v) is 3.70. The number of hydrogen-bond acceptors (Lipinski definition) is 5. The van der Waals surface area contributed by atoms with Gasteiger partial charge in [-0.25, -0.2) is 4.57 Å². The van der Waals surface area contributed by atoms with E-state index in [4.69, 9.17) is 4.74 Å². The monoisotopic (exact) mass is 269 g/mol. The molecular weight excluding hydrogens is 254 g/mol. The highest BCUT2D eigenvalue weighted by atomic mass is 16.6. The third kappa shape index (κ3) is 3.80. The Morgan fingerprint density at radius 1 is 1.47 bits per heavy atom. The lowest BCUT2D eigenvalue weighted by molar-refractivity contribution is -0.391. The molecule has 0 saturated carbocycles. The van der Waals surface area contributed by atoms with Crippen molar-refractivity contribution in [3.8, 4) is 0 Å². The molecule has 1 N–H and O–H groups in total. The van der Waals surface area contributed by atoms with Crippen molar-refractivity contribution in [3.05, 3.63) is 27.9 Å². The van der Waals surface area contributed by atoms with Crippen LogP contribution in [0.1, 0.15) is 23.8 Å². The van der Waals surface area contributed by atoms with Crippen molar-refractivity contribution in [1.82, 2.24) is 9.88 Å². The minimum Gasteiger partial charge on any atom is -0.466 e. The van der Waals surface area contributed by atoms with Crippen LogP contribution in [0.5, 0.6) is 0 Å². The number of hydrogen-bond donors (Lipinski definition) is 1. The van der Waals surface area contributed by atoms with Gasteiger partial charge in [0.1, 0.15) is 0 Å². The molecule has 0 unspecified atom stereocenters. The normalized spacial score (nSPS) is 10.0. The number of amides is 1. The minimum absolute atomic E-state index is 0.0616. The third-order valence-corrected chi connectivity index (χ3v) is 2.43. The fourth-order valence-corrected chi connectivity index (χ4v) is 1.51. The number of nitro groups is 1. The summed E-state index contributed by atoms with van der Waals surface area (Å²) < 4.78 is 5.88. The van der Waals surface area contributed by atoms with Crippen LogP contribution in [0.2, 0.25) is 0 Å². The highest BCUT2D eigenvalue weighted by Crippen LogP contribution is 2.14. The standard InChI is InChI=1S/C11H15N3O5/c1-3-19-10(15)6-7-12-11(16)8-4-5-9(13(8)2)14(17)18/h4-5H,3,6-7H2,1-2H3,(H,12,16). The molecule has 19 heavy (non-hydrogen) atoms. The number of nitrogens with zero attached hydrogens (tertiary/aromatic N) is 2. The van der Waals surface area contributed by atoms with E-state index in [-0.39, 0.29) is 31.1 Å². The maximum absolute atomic E-state index is 11.7. The quantitative estimate of drug-likeness (QED) is 0.463. The van der Waals surface area contributed by atoms with Crippen molar-refractivity contribution < 1.29 is 19.2 Å². The third-order valence-electron chi connectivity index (χ3n) is 2.43. The van der Waals surface area contributed by atoms with Gasteiger partial charge in [0, 0.05) is 12.6 Å². The van der Waals surface area contributed by atoms with E-state index in [1.165, 1.54) is 23.7 Å². The lowest BCUT2D eigenvalue weighted by Gasteiger charge is -2.04. The van der Waals surface area contributed by atoms with Crippen molar-refractivity contribution in [2.24, 2.45) is 7.05 Å². The number of aromatic nitrogens is 1. The van der Waals surface area contributed by atoms with Crippen LogP contribution < -0.4 is 5.32 Å². The average molecular weight is 269 g/mol. The fraction of sp³-hybridized carbons (Fsp3) is 0.455. The summed E-state index contributed by atoms with van der Waals surface area (Å²) in [5.74, 6) is -1.05. The summed E-state index contributed by atoms with van der Waals surface area (Å²) in [6.45, 7) is 2.10. The van der Waals surface area contributed by atoms with Crippen LogP contribution in [0.3, 0.4) is 0 Å². The summed E-state index contributed by atoms with van der Waals surface area (Å²) in [6.07, 6.45) is 0.0616. The molecule has 1 rings (SSSR count). The van der Waals surface area contributed by atoms with Gasteiger partial charge < -0.3 is 20.2 Å². The van der Waals surface area contributed by atoms with E-state index in [2.05, 4.69) is 5.32 Å². The Morgan fingerprint density at radius 2 is 2.16 bits per heavy atom. The van der Waals surface area contributed by atoms with E-state index >= 15 is 0 Å². The molecule has 0 aliphatic rings. The van der Waals surface area contributed by atoms with Gasteiger partial charge in [-0.3, -0.25) is 9.59 Å². The van der Waals surface area contributed by atoms with Crippen LogP contribution in [0, 0.1) is 10.1 Å². The molecule has 0 aliphatic carbocycles. The molecule has 1 amide bonds. The SMILES string of the molecule is CCOC(=O)CCNC(=O)c1ccc([N+](=O)[O-])n1C. The van der Waals surface area contributed by atoms with E-state index in [1.54, 1.807) is 6.92 Å². The van der Waals surface area contributed by atoms with Crippen molar-refractivity contribution >= 4 is 17.7 Å². The second-order valence-electron chi connectivity index (χ2n) is 3.70. The first-order valence-electron chi connectivity index (χ1n) is 5.71. The van der Waals surface area contributed by atoms with E-state index in [0.717, 1.165) is 0 Å². The predicted molar refractivity (Wildman–Crippen MR) is 65.7 cm³/mol. The minimum atomic E-state index is -0.574. The first kappa shape index (κ1) is 14.7. The highest BCUT2D eigenvalue weighted by Gasteiger charge is 2.20. The Bertz CT molecular complexity index is 495. The Morgan fingerprint density at radius 3 is 2.68 bits per heavy atom. The zero-order valence-electron chi connectivity index (χ0n) is 10.7. The van der Waals surface area contributed by atoms with Crippen LogP contribution in [0.4, 0.5) is 5.82 Å². The van der Waals surface area contributed by atoms with E-state index in [0.29, 0.717) is 0 Å². The smallest absolute Gasteiger partial charge is 0.323 e. The molecule has 104 valence electrons. The van der Waals surface area contributed by atoms with Crippen LogP contribution in [0.15, 0.2) is 12.1 Å². The van der Waals surface area contributed by atoms with Gasteiger partial charge in [0.15, 0.2) is 5.69 Å². The zero-order chi connectivity index (χ0) is 14.4. The number of carbonyl (C=O) groups is 2. The number of esters is 1. The summed E-state index contributed by atoms with van der Waals surface area (Å²) >= 11 is 0. The molecule has 0 atom stereocenters. The molecule has 0 radical (unpaired) electrons. The van der Waals surface area contributed by atoms with E-state index < -0.39 is 16.8 Å². The van der Waals surface area contributed by atoms with Crippen LogP contribution in [-0.4, -0.2) is 34.5 Å². The Balaban J connectivity index is 2.55. The highest BCUT2D eigenvalue weighted by molar-refractivity contribution is 5.93. The summed E-state index contributed by atoms with van der Waals surface area (Å²) in [6, 6.07) is 2.61. The first-order valence-corrected chi connectivity index (χ1v) is 5.71. The molecule has 0 fully saturated rings. The van der Waals surface area contributed by atoms with Crippen molar-refractivity contribution in [1.29, 1.82) is 0 Å². The number of carbonyl (C=O) groups excluding carboxylic acids is 2. The molecule has 1 heterocycles. The Hall–Kier alpha value is -2.38. The van der Waals surface area contributed by atoms with E-state index in [1.807, 2.05) is 0 Å².